The Labute approximate surface area is 142 Å². The fourth-order valence-corrected chi connectivity index (χ4v) is 3.53. The minimum absolute atomic E-state index is 0.00283. The molecule has 2 aliphatic heterocycles. The number of nitrogens with two attached hydrogens (primary N) is 1. The number of amides is 1. The smallest absolute Gasteiger partial charge is 0.412 e. The van der Waals surface area contributed by atoms with Gasteiger partial charge in [0.15, 0.2) is 11.4 Å². The van der Waals surface area contributed by atoms with Crippen molar-refractivity contribution in [2.24, 2.45) is 0 Å². The van der Waals surface area contributed by atoms with Gasteiger partial charge in [0.25, 0.3) is 0 Å². The molecule has 2 aliphatic rings. The molecule has 0 saturated carbocycles. The third-order valence-corrected chi connectivity index (χ3v) is 4.71. The first-order chi connectivity index (χ1) is 11.5. The highest BCUT2D eigenvalue weighted by atomic mass is 35.5. The second-order valence-electron chi connectivity index (χ2n) is 5.94. The van der Waals surface area contributed by atoms with Crippen molar-refractivity contribution in [3.8, 4) is 0 Å². The molecule has 4 rings (SSSR count). The predicted molar refractivity (Wildman–Crippen MR) is 88.7 cm³/mol. The zero-order valence-corrected chi connectivity index (χ0v) is 13.3. The van der Waals surface area contributed by atoms with Crippen molar-refractivity contribution >= 4 is 34.8 Å². The summed E-state index contributed by atoms with van der Waals surface area (Å²) in [5, 5.41) is 2.53. The van der Waals surface area contributed by atoms with Crippen molar-refractivity contribution in [3.63, 3.8) is 0 Å². The van der Waals surface area contributed by atoms with Crippen LogP contribution < -0.4 is 16.0 Å². The molecule has 3 heterocycles. The maximum atomic E-state index is 14.7. The van der Waals surface area contributed by atoms with E-state index in [1.54, 1.807) is 24.5 Å². The topological polar surface area (TPSA) is 80.5 Å². The van der Waals surface area contributed by atoms with Gasteiger partial charge in [-0.25, -0.2) is 9.18 Å². The number of nitrogens with one attached hydrogen (secondary N) is 1. The highest BCUT2D eigenvalue weighted by molar-refractivity contribution is 6.31. The van der Waals surface area contributed by atoms with Crippen LogP contribution in [0.4, 0.5) is 26.2 Å². The van der Waals surface area contributed by atoms with E-state index in [9.17, 15) is 9.18 Å². The van der Waals surface area contributed by atoms with Gasteiger partial charge in [-0.15, -0.1) is 0 Å². The number of rotatable bonds is 1. The summed E-state index contributed by atoms with van der Waals surface area (Å²) >= 11 is 5.93. The molecule has 1 spiro atoms. The van der Waals surface area contributed by atoms with Gasteiger partial charge in [0.05, 0.1) is 40.4 Å². The standard InChI is InChI=1S/C16H14ClFN4O2/c17-11-1-2-12-13(14(11)18)16(24-15(23)21-12)3-4-22(8-16)10-5-9(19)6-20-7-10/h1-2,5-7H,3-4,8,19H2,(H,21,23)/t16-/m1/s1. The van der Waals surface area contributed by atoms with E-state index in [2.05, 4.69) is 10.3 Å². The van der Waals surface area contributed by atoms with E-state index in [-0.39, 0.29) is 10.6 Å². The zero-order chi connectivity index (χ0) is 16.9. The second kappa shape index (κ2) is 5.24. The van der Waals surface area contributed by atoms with Crippen LogP contribution in [-0.2, 0) is 10.3 Å². The average Bonchev–Trinajstić information content (AvgIpc) is 2.95. The van der Waals surface area contributed by atoms with Crippen LogP contribution in [-0.4, -0.2) is 24.2 Å². The fraction of sp³-hybridized carbons (Fsp3) is 0.250. The lowest BCUT2D eigenvalue weighted by Gasteiger charge is -2.36. The molecule has 0 aliphatic carbocycles. The first-order valence-corrected chi connectivity index (χ1v) is 7.80. The SMILES string of the molecule is Nc1cncc(N2CC[C@]3(C2)OC(=O)Nc2ccc(Cl)c(F)c23)c1. The number of pyridine rings is 1. The van der Waals surface area contributed by atoms with Crippen molar-refractivity contribution in [3.05, 3.63) is 47.0 Å². The molecule has 24 heavy (non-hydrogen) atoms. The van der Waals surface area contributed by atoms with Crippen LogP contribution in [0.25, 0.3) is 0 Å². The quantitative estimate of drug-likeness (QED) is 0.827. The van der Waals surface area contributed by atoms with Crippen LogP contribution in [0.3, 0.4) is 0 Å². The lowest BCUT2D eigenvalue weighted by atomic mass is 9.89. The molecule has 1 saturated heterocycles. The summed E-state index contributed by atoms with van der Waals surface area (Å²) in [4.78, 5) is 18.0. The Morgan fingerprint density at radius 3 is 3.04 bits per heavy atom. The molecular weight excluding hydrogens is 335 g/mol. The van der Waals surface area contributed by atoms with Crippen molar-refractivity contribution in [2.45, 2.75) is 12.0 Å². The molecule has 1 atom stereocenters. The lowest BCUT2D eigenvalue weighted by Crippen LogP contribution is -2.42. The van der Waals surface area contributed by atoms with E-state index >= 15 is 0 Å². The second-order valence-corrected chi connectivity index (χ2v) is 6.35. The van der Waals surface area contributed by atoms with Crippen molar-refractivity contribution < 1.29 is 13.9 Å². The number of nitrogens with zero attached hydrogens (tertiary/aromatic N) is 2. The van der Waals surface area contributed by atoms with Gasteiger partial charge in [0.1, 0.15) is 0 Å². The molecule has 1 fully saturated rings. The summed E-state index contributed by atoms with van der Waals surface area (Å²) in [5.41, 5.74) is 6.70. The summed E-state index contributed by atoms with van der Waals surface area (Å²) in [6.45, 7) is 0.875. The van der Waals surface area contributed by atoms with Gasteiger partial charge in [-0.1, -0.05) is 11.6 Å². The molecular formula is C16H14ClFN4O2. The van der Waals surface area contributed by atoms with Crippen LogP contribution in [0.1, 0.15) is 12.0 Å². The molecule has 0 radical (unpaired) electrons. The molecule has 3 N–H and O–H groups in total. The third-order valence-electron chi connectivity index (χ3n) is 4.42. The number of halogens is 2. The number of benzene rings is 1. The number of ether oxygens (including phenoxy) is 1. The van der Waals surface area contributed by atoms with E-state index in [0.717, 1.165) is 5.69 Å². The van der Waals surface area contributed by atoms with E-state index in [0.29, 0.717) is 30.9 Å². The number of hydrogen-bond donors (Lipinski definition) is 2. The molecule has 1 amide bonds. The third kappa shape index (κ3) is 2.24. The molecule has 0 unspecified atom stereocenters. The highest BCUT2D eigenvalue weighted by Gasteiger charge is 2.49. The fourth-order valence-electron chi connectivity index (χ4n) is 3.37. The number of anilines is 3. The first kappa shape index (κ1) is 15.0. The lowest BCUT2D eigenvalue weighted by molar-refractivity contribution is 0.0264. The zero-order valence-electron chi connectivity index (χ0n) is 12.6. The first-order valence-electron chi connectivity index (χ1n) is 7.42. The number of hydrogen-bond acceptors (Lipinski definition) is 5. The number of carbonyl (C=O) groups is 1. The van der Waals surface area contributed by atoms with Crippen LogP contribution in [0.15, 0.2) is 30.6 Å². The molecule has 2 aromatic rings. The molecule has 8 heteroatoms. The van der Waals surface area contributed by atoms with Crippen LogP contribution in [0.5, 0.6) is 0 Å². The molecule has 0 bridgehead atoms. The van der Waals surface area contributed by atoms with Gasteiger partial charge in [0.2, 0.25) is 0 Å². The monoisotopic (exact) mass is 348 g/mol. The Morgan fingerprint density at radius 2 is 2.25 bits per heavy atom. The normalized spacial score (nSPS) is 22.2. The molecule has 6 nitrogen and oxygen atoms in total. The van der Waals surface area contributed by atoms with Gasteiger partial charge >= 0.3 is 6.09 Å². The minimum Gasteiger partial charge on any atom is -0.436 e. The van der Waals surface area contributed by atoms with E-state index in [1.807, 2.05) is 4.90 Å². The summed E-state index contributed by atoms with van der Waals surface area (Å²) in [7, 11) is 0. The maximum Gasteiger partial charge on any atom is 0.412 e. The molecule has 1 aromatic carbocycles. The predicted octanol–water partition coefficient (Wildman–Crippen LogP) is 3.12. The Hall–Kier alpha value is -2.54. The van der Waals surface area contributed by atoms with Crippen LogP contribution in [0, 0.1) is 5.82 Å². The van der Waals surface area contributed by atoms with E-state index < -0.39 is 17.5 Å². The summed E-state index contributed by atoms with van der Waals surface area (Å²) in [6, 6.07) is 4.79. The number of carbonyl (C=O) groups excluding carboxylic acids is 1. The minimum atomic E-state index is -1.09. The summed E-state index contributed by atoms with van der Waals surface area (Å²) < 4.78 is 20.2. The highest BCUT2D eigenvalue weighted by Crippen LogP contribution is 2.46. The Morgan fingerprint density at radius 1 is 1.42 bits per heavy atom. The summed E-state index contributed by atoms with van der Waals surface area (Å²) in [5.74, 6) is -0.568. The average molecular weight is 349 g/mol. The Bertz CT molecular complexity index is 847. The Balaban J connectivity index is 1.77. The van der Waals surface area contributed by atoms with Crippen LogP contribution >= 0.6 is 11.6 Å². The van der Waals surface area contributed by atoms with E-state index in [4.69, 9.17) is 22.1 Å². The molecule has 1 aromatic heterocycles. The summed E-state index contributed by atoms with van der Waals surface area (Å²) in [6.07, 6.45) is 3.07. The van der Waals surface area contributed by atoms with Crippen molar-refractivity contribution in [1.29, 1.82) is 0 Å². The van der Waals surface area contributed by atoms with Gasteiger partial charge in [-0.3, -0.25) is 10.3 Å². The van der Waals surface area contributed by atoms with Gasteiger partial charge < -0.3 is 15.4 Å². The van der Waals surface area contributed by atoms with Gasteiger partial charge in [-0.05, 0) is 18.2 Å². The van der Waals surface area contributed by atoms with Crippen LogP contribution in [0.2, 0.25) is 5.02 Å². The maximum absolute atomic E-state index is 14.7. The number of nitrogen functional groups attached to an aromatic ring is 1. The van der Waals surface area contributed by atoms with Crippen molar-refractivity contribution in [1.82, 2.24) is 4.98 Å². The van der Waals surface area contributed by atoms with Gasteiger partial charge in [0, 0.05) is 19.2 Å². The van der Waals surface area contributed by atoms with Gasteiger partial charge in [-0.2, -0.15) is 0 Å². The molecule has 124 valence electrons. The Kier molecular flexibility index (Phi) is 3.28. The number of aromatic nitrogens is 1. The van der Waals surface area contributed by atoms with Crippen molar-refractivity contribution in [2.75, 3.05) is 29.0 Å². The number of fused-ring (bicyclic) bond motifs is 2. The largest absolute Gasteiger partial charge is 0.436 e. The van der Waals surface area contributed by atoms with E-state index in [1.165, 1.54) is 6.07 Å².